The standard InChI is InChI=1S/C14H14ClFN2O2S/c15-13-5-4-10(8-17)7-14(13)21(19,20)18-9-11-2-1-3-12(16)6-11/h1-7,18H,8-9,17H2. The lowest BCUT2D eigenvalue weighted by Crippen LogP contribution is -2.23. The molecule has 0 aliphatic rings. The second kappa shape index (κ2) is 6.53. The summed E-state index contributed by atoms with van der Waals surface area (Å²) in [5.74, 6) is -0.421. The van der Waals surface area contributed by atoms with Gasteiger partial charge in [-0.25, -0.2) is 17.5 Å². The van der Waals surface area contributed by atoms with Crippen molar-refractivity contribution >= 4 is 21.6 Å². The number of sulfonamides is 1. The van der Waals surface area contributed by atoms with Crippen LogP contribution < -0.4 is 10.5 Å². The van der Waals surface area contributed by atoms with Crippen molar-refractivity contribution in [1.82, 2.24) is 4.72 Å². The highest BCUT2D eigenvalue weighted by Crippen LogP contribution is 2.22. The fraction of sp³-hybridized carbons (Fsp3) is 0.143. The molecule has 21 heavy (non-hydrogen) atoms. The van der Waals surface area contributed by atoms with Gasteiger partial charge in [0.15, 0.2) is 0 Å². The van der Waals surface area contributed by atoms with Crippen molar-refractivity contribution in [1.29, 1.82) is 0 Å². The van der Waals surface area contributed by atoms with Gasteiger partial charge in [-0.3, -0.25) is 0 Å². The molecule has 0 aliphatic carbocycles. The van der Waals surface area contributed by atoms with Gasteiger partial charge in [0, 0.05) is 13.1 Å². The van der Waals surface area contributed by atoms with Crippen molar-refractivity contribution in [2.45, 2.75) is 18.0 Å². The van der Waals surface area contributed by atoms with Gasteiger partial charge in [-0.2, -0.15) is 0 Å². The molecule has 0 amide bonds. The van der Waals surface area contributed by atoms with E-state index >= 15 is 0 Å². The first-order chi connectivity index (χ1) is 9.92. The molecule has 0 saturated carbocycles. The van der Waals surface area contributed by atoms with Crippen molar-refractivity contribution in [2.24, 2.45) is 5.73 Å². The summed E-state index contributed by atoms with van der Waals surface area (Å²) in [6.07, 6.45) is 0. The lowest BCUT2D eigenvalue weighted by molar-refractivity contribution is 0.580. The number of nitrogens with one attached hydrogen (secondary N) is 1. The Kier molecular flexibility index (Phi) is 4.95. The molecule has 112 valence electrons. The zero-order valence-corrected chi connectivity index (χ0v) is 12.6. The lowest BCUT2D eigenvalue weighted by atomic mass is 10.2. The molecule has 0 bridgehead atoms. The van der Waals surface area contributed by atoms with E-state index in [0.717, 1.165) is 0 Å². The van der Waals surface area contributed by atoms with E-state index in [-0.39, 0.29) is 23.0 Å². The van der Waals surface area contributed by atoms with Gasteiger partial charge in [0.25, 0.3) is 0 Å². The van der Waals surface area contributed by atoms with Crippen molar-refractivity contribution in [3.8, 4) is 0 Å². The van der Waals surface area contributed by atoms with Gasteiger partial charge in [0.1, 0.15) is 10.7 Å². The van der Waals surface area contributed by atoms with Crippen LogP contribution in [0.2, 0.25) is 5.02 Å². The summed E-state index contributed by atoms with van der Waals surface area (Å²) in [6, 6.07) is 10.3. The minimum atomic E-state index is -3.79. The smallest absolute Gasteiger partial charge is 0.242 e. The minimum Gasteiger partial charge on any atom is -0.326 e. The van der Waals surface area contributed by atoms with Crippen LogP contribution in [0.15, 0.2) is 47.4 Å². The van der Waals surface area contributed by atoms with Crippen LogP contribution in [-0.4, -0.2) is 8.42 Å². The highest BCUT2D eigenvalue weighted by molar-refractivity contribution is 7.89. The molecule has 0 atom stereocenters. The number of hydrogen-bond donors (Lipinski definition) is 2. The molecule has 0 unspecified atom stereocenters. The van der Waals surface area contributed by atoms with Gasteiger partial charge in [0.05, 0.1) is 5.02 Å². The van der Waals surface area contributed by atoms with Crippen LogP contribution in [0.3, 0.4) is 0 Å². The normalized spacial score (nSPS) is 11.6. The maximum atomic E-state index is 13.1. The third-order valence-corrected chi connectivity index (χ3v) is 4.76. The summed E-state index contributed by atoms with van der Waals surface area (Å²) in [4.78, 5) is -0.0384. The van der Waals surface area contributed by atoms with Crippen LogP contribution in [0.4, 0.5) is 4.39 Å². The van der Waals surface area contributed by atoms with Gasteiger partial charge in [-0.1, -0.05) is 29.8 Å². The molecule has 0 saturated heterocycles. The topological polar surface area (TPSA) is 72.2 Å². The summed E-state index contributed by atoms with van der Waals surface area (Å²) in [6.45, 7) is 0.187. The largest absolute Gasteiger partial charge is 0.326 e. The quantitative estimate of drug-likeness (QED) is 0.885. The Hall–Kier alpha value is -1.47. The summed E-state index contributed by atoms with van der Waals surface area (Å²) in [7, 11) is -3.79. The fourth-order valence-electron chi connectivity index (χ4n) is 1.78. The molecule has 7 heteroatoms. The number of halogens is 2. The number of rotatable bonds is 5. The van der Waals surface area contributed by atoms with Crippen LogP contribution in [0.25, 0.3) is 0 Å². The molecule has 0 heterocycles. The van der Waals surface area contributed by atoms with E-state index in [1.54, 1.807) is 12.1 Å². The molecule has 0 radical (unpaired) electrons. The zero-order valence-electron chi connectivity index (χ0n) is 11.0. The van der Waals surface area contributed by atoms with E-state index in [1.807, 2.05) is 0 Å². The lowest BCUT2D eigenvalue weighted by Gasteiger charge is -2.10. The molecule has 2 aromatic carbocycles. The maximum absolute atomic E-state index is 13.1. The fourth-order valence-corrected chi connectivity index (χ4v) is 3.35. The first-order valence-corrected chi connectivity index (χ1v) is 8.01. The number of nitrogens with two attached hydrogens (primary N) is 1. The second-order valence-corrected chi connectivity index (χ2v) is 6.57. The van der Waals surface area contributed by atoms with Crippen LogP contribution >= 0.6 is 11.6 Å². The molecule has 0 spiro atoms. The third kappa shape index (κ3) is 4.01. The zero-order chi connectivity index (χ0) is 15.5. The van der Waals surface area contributed by atoms with E-state index in [2.05, 4.69) is 4.72 Å². The average Bonchev–Trinajstić information content (AvgIpc) is 2.46. The Balaban J connectivity index is 2.22. The average molecular weight is 329 g/mol. The van der Waals surface area contributed by atoms with Crippen LogP contribution in [0, 0.1) is 5.82 Å². The number of hydrogen-bond acceptors (Lipinski definition) is 3. The molecule has 0 aromatic heterocycles. The van der Waals surface area contributed by atoms with Crippen LogP contribution in [-0.2, 0) is 23.1 Å². The minimum absolute atomic E-state index is 0.0245. The molecule has 0 fully saturated rings. The van der Waals surface area contributed by atoms with Crippen molar-refractivity contribution < 1.29 is 12.8 Å². The summed E-state index contributed by atoms with van der Waals surface area (Å²) in [5.41, 5.74) is 6.67. The molecule has 3 N–H and O–H groups in total. The Labute approximate surface area is 127 Å². The van der Waals surface area contributed by atoms with E-state index < -0.39 is 15.8 Å². The summed E-state index contributed by atoms with van der Waals surface area (Å²) in [5, 5.41) is 0.110. The first kappa shape index (κ1) is 15.9. The van der Waals surface area contributed by atoms with Crippen LogP contribution in [0.1, 0.15) is 11.1 Å². The van der Waals surface area contributed by atoms with Crippen molar-refractivity contribution in [2.75, 3.05) is 0 Å². The van der Waals surface area contributed by atoms with E-state index in [1.165, 1.54) is 30.3 Å². The van der Waals surface area contributed by atoms with Crippen molar-refractivity contribution in [3.63, 3.8) is 0 Å². The highest BCUT2D eigenvalue weighted by Gasteiger charge is 2.18. The predicted molar refractivity (Wildman–Crippen MR) is 79.8 cm³/mol. The molecular weight excluding hydrogens is 315 g/mol. The maximum Gasteiger partial charge on any atom is 0.242 e. The molecule has 2 rings (SSSR count). The number of benzene rings is 2. The highest BCUT2D eigenvalue weighted by atomic mass is 35.5. The first-order valence-electron chi connectivity index (χ1n) is 6.15. The van der Waals surface area contributed by atoms with Gasteiger partial charge >= 0.3 is 0 Å². The summed E-state index contributed by atoms with van der Waals surface area (Å²) >= 11 is 5.92. The Bertz CT molecular complexity index is 750. The van der Waals surface area contributed by atoms with Gasteiger partial charge < -0.3 is 5.73 Å². The Morgan fingerprint density at radius 2 is 1.90 bits per heavy atom. The van der Waals surface area contributed by atoms with E-state index in [9.17, 15) is 12.8 Å². The Morgan fingerprint density at radius 3 is 2.57 bits per heavy atom. The second-order valence-electron chi connectivity index (χ2n) is 4.42. The van der Waals surface area contributed by atoms with Crippen molar-refractivity contribution in [3.05, 3.63) is 64.4 Å². The molecule has 0 aliphatic heterocycles. The molecule has 4 nitrogen and oxygen atoms in total. The molecule has 2 aromatic rings. The van der Waals surface area contributed by atoms with Gasteiger partial charge in [-0.15, -0.1) is 0 Å². The van der Waals surface area contributed by atoms with Gasteiger partial charge in [0.2, 0.25) is 10.0 Å². The third-order valence-electron chi connectivity index (χ3n) is 2.88. The monoisotopic (exact) mass is 328 g/mol. The van der Waals surface area contributed by atoms with E-state index in [4.69, 9.17) is 17.3 Å². The van der Waals surface area contributed by atoms with E-state index in [0.29, 0.717) is 11.1 Å². The Morgan fingerprint density at radius 1 is 1.14 bits per heavy atom. The molecular formula is C14H14ClFN2O2S. The SMILES string of the molecule is NCc1ccc(Cl)c(S(=O)(=O)NCc2cccc(F)c2)c1. The predicted octanol–water partition coefficient (Wildman–Crippen LogP) is 2.42. The summed E-state index contributed by atoms with van der Waals surface area (Å²) < 4.78 is 40.0. The van der Waals surface area contributed by atoms with Gasteiger partial charge in [-0.05, 0) is 35.4 Å². The van der Waals surface area contributed by atoms with Crippen LogP contribution in [0.5, 0.6) is 0 Å².